The summed E-state index contributed by atoms with van der Waals surface area (Å²) in [4.78, 5) is 0. The molecule has 1 spiro atoms. The Bertz CT molecular complexity index is 491. The van der Waals surface area contributed by atoms with Crippen LogP contribution in [0.15, 0.2) is 12.1 Å². The van der Waals surface area contributed by atoms with Gasteiger partial charge in [0.1, 0.15) is 17.5 Å². The van der Waals surface area contributed by atoms with Gasteiger partial charge in [-0.25, -0.2) is 13.2 Å². The summed E-state index contributed by atoms with van der Waals surface area (Å²) in [6, 6.07) is 1.22. The quantitative estimate of drug-likeness (QED) is 0.902. The van der Waals surface area contributed by atoms with Crippen LogP contribution in [0, 0.1) is 23.4 Å². The molecule has 1 N–H and O–H groups in total. The van der Waals surface area contributed by atoms with Gasteiger partial charge in [0.25, 0.3) is 0 Å². The first-order chi connectivity index (χ1) is 9.51. The van der Waals surface area contributed by atoms with E-state index in [0.717, 1.165) is 19.3 Å². The van der Waals surface area contributed by atoms with E-state index in [9.17, 15) is 18.3 Å². The molecule has 2 atom stereocenters. The van der Waals surface area contributed by atoms with Crippen LogP contribution in [0.3, 0.4) is 0 Å². The second-order valence-electron chi connectivity index (χ2n) is 5.87. The molecule has 1 heterocycles. The minimum absolute atomic E-state index is 0.211. The molecule has 5 heteroatoms. The molecule has 2 aliphatic rings. The van der Waals surface area contributed by atoms with Gasteiger partial charge in [0.05, 0.1) is 17.3 Å². The summed E-state index contributed by atoms with van der Waals surface area (Å²) in [5, 5.41) is 10.3. The van der Waals surface area contributed by atoms with Gasteiger partial charge >= 0.3 is 0 Å². The van der Waals surface area contributed by atoms with E-state index in [1.807, 2.05) is 0 Å². The molecule has 110 valence electrons. The van der Waals surface area contributed by atoms with Crippen LogP contribution in [0.25, 0.3) is 0 Å². The number of hydrogen-bond acceptors (Lipinski definition) is 2. The standard InChI is InChI=1S/C15H17F3O2/c16-10-6-11(17)13(12(18)7-10)14(19)9-2-5-20-15(8-9)3-1-4-15/h6-7,9,14,19H,1-5,8H2. The first-order valence-corrected chi connectivity index (χ1v) is 6.97. The van der Waals surface area contributed by atoms with Crippen molar-refractivity contribution in [3.8, 4) is 0 Å². The average molecular weight is 286 g/mol. The van der Waals surface area contributed by atoms with Crippen LogP contribution < -0.4 is 0 Å². The summed E-state index contributed by atoms with van der Waals surface area (Å²) >= 11 is 0. The van der Waals surface area contributed by atoms with Crippen molar-refractivity contribution < 1.29 is 23.0 Å². The summed E-state index contributed by atoms with van der Waals surface area (Å²) in [7, 11) is 0. The third-order valence-electron chi connectivity index (χ3n) is 4.58. The predicted octanol–water partition coefficient (Wildman–Crippen LogP) is 3.49. The van der Waals surface area contributed by atoms with Gasteiger partial charge in [0.15, 0.2) is 0 Å². The first kappa shape index (κ1) is 13.9. The van der Waals surface area contributed by atoms with E-state index in [4.69, 9.17) is 4.74 Å². The largest absolute Gasteiger partial charge is 0.388 e. The van der Waals surface area contributed by atoms with Crippen molar-refractivity contribution in [1.29, 1.82) is 0 Å². The van der Waals surface area contributed by atoms with E-state index in [0.29, 0.717) is 31.6 Å². The normalized spacial score (nSPS) is 26.3. The molecular formula is C15H17F3O2. The van der Waals surface area contributed by atoms with Gasteiger partial charge in [0.2, 0.25) is 0 Å². The molecular weight excluding hydrogens is 269 g/mol. The zero-order valence-corrected chi connectivity index (χ0v) is 11.0. The Morgan fingerprint density at radius 1 is 1.20 bits per heavy atom. The minimum atomic E-state index is -1.25. The molecule has 0 bridgehead atoms. The molecule has 2 fully saturated rings. The average Bonchev–Trinajstić information content (AvgIpc) is 2.35. The molecule has 20 heavy (non-hydrogen) atoms. The molecule has 2 nitrogen and oxygen atoms in total. The summed E-state index contributed by atoms with van der Waals surface area (Å²) in [6.07, 6.45) is 2.86. The molecule has 0 radical (unpaired) electrons. The van der Waals surface area contributed by atoms with Gasteiger partial charge < -0.3 is 9.84 Å². The maximum Gasteiger partial charge on any atom is 0.134 e. The highest BCUT2D eigenvalue weighted by Crippen LogP contribution is 2.47. The van der Waals surface area contributed by atoms with Crippen LogP contribution >= 0.6 is 0 Å². The lowest BCUT2D eigenvalue weighted by atomic mass is 9.70. The van der Waals surface area contributed by atoms with Crippen molar-refractivity contribution in [2.75, 3.05) is 6.61 Å². The third kappa shape index (κ3) is 2.33. The zero-order valence-electron chi connectivity index (χ0n) is 11.0. The Labute approximate surface area is 115 Å². The van der Waals surface area contributed by atoms with Gasteiger partial charge in [-0.15, -0.1) is 0 Å². The molecule has 1 aromatic carbocycles. The monoisotopic (exact) mass is 286 g/mol. The molecule has 1 saturated carbocycles. The smallest absolute Gasteiger partial charge is 0.134 e. The first-order valence-electron chi connectivity index (χ1n) is 6.97. The summed E-state index contributed by atoms with van der Waals surface area (Å²) < 4.78 is 46.1. The van der Waals surface area contributed by atoms with Crippen LogP contribution in [0.1, 0.15) is 43.8 Å². The summed E-state index contributed by atoms with van der Waals surface area (Å²) in [5.41, 5.74) is -0.635. The highest BCUT2D eigenvalue weighted by molar-refractivity contribution is 5.24. The fourth-order valence-electron chi connectivity index (χ4n) is 3.33. The number of halogens is 3. The topological polar surface area (TPSA) is 29.5 Å². The minimum Gasteiger partial charge on any atom is -0.388 e. The van der Waals surface area contributed by atoms with Crippen molar-refractivity contribution in [1.82, 2.24) is 0 Å². The van der Waals surface area contributed by atoms with Gasteiger partial charge in [0, 0.05) is 18.7 Å². The van der Waals surface area contributed by atoms with Gasteiger partial charge in [-0.3, -0.25) is 0 Å². The maximum absolute atomic E-state index is 13.7. The molecule has 0 amide bonds. The van der Waals surface area contributed by atoms with Crippen LogP contribution in [-0.4, -0.2) is 17.3 Å². The summed E-state index contributed by atoms with van der Waals surface area (Å²) in [6.45, 7) is 0.492. The molecule has 1 aliphatic carbocycles. The predicted molar refractivity (Wildman–Crippen MR) is 66.5 cm³/mol. The number of aliphatic hydroxyl groups excluding tert-OH is 1. The van der Waals surface area contributed by atoms with E-state index in [2.05, 4.69) is 0 Å². The van der Waals surface area contributed by atoms with E-state index >= 15 is 0 Å². The lowest BCUT2D eigenvalue weighted by Crippen LogP contribution is -2.46. The fraction of sp³-hybridized carbons (Fsp3) is 0.600. The number of ether oxygens (including phenoxy) is 1. The lowest BCUT2D eigenvalue weighted by molar-refractivity contribution is -0.157. The molecule has 1 aliphatic heterocycles. The van der Waals surface area contributed by atoms with Crippen molar-refractivity contribution >= 4 is 0 Å². The third-order valence-corrected chi connectivity index (χ3v) is 4.58. The van der Waals surface area contributed by atoms with Crippen LogP contribution in [0.5, 0.6) is 0 Å². The molecule has 0 aromatic heterocycles. The van der Waals surface area contributed by atoms with E-state index < -0.39 is 29.1 Å². The Morgan fingerprint density at radius 2 is 1.85 bits per heavy atom. The van der Waals surface area contributed by atoms with Gasteiger partial charge in [-0.2, -0.15) is 0 Å². The number of aliphatic hydroxyl groups is 1. The molecule has 2 unspecified atom stereocenters. The maximum atomic E-state index is 13.7. The van der Waals surface area contributed by atoms with Crippen LogP contribution in [-0.2, 0) is 4.74 Å². The van der Waals surface area contributed by atoms with Gasteiger partial charge in [-0.05, 0) is 38.0 Å². The Kier molecular flexibility index (Phi) is 3.50. The van der Waals surface area contributed by atoms with Crippen molar-refractivity contribution in [2.24, 2.45) is 5.92 Å². The number of hydrogen-bond donors (Lipinski definition) is 1. The van der Waals surface area contributed by atoms with Crippen molar-refractivity contribution in [2.45, 2.75) is 43.8 Å². The fourth-order valence-corrected chi connectivity index (χ4v) is 3.33. The second kappa shape index (κ2) is 5.04. The second-order valence-corrected chi connectivity index (χ2v) is 5.87. The van der Waals surface area contributed by atoms with E-state index in [1.165, 1.54) is 0 Å². The lowest BCUT2D eigenvalue weighted by Gasteiger charge is -2.48. The molecule has 1 aromatic rings. The highest BCUT2D eigenvalue weighted by atomic mass is 19.1. The van der Waals surface area contributed by atoms with Crippen molar-refractivity contribution in [3.05, 3.63) is 35.1 Å². The molecule has 1 saturated heterocycles. The Hall–Kier alpha value is -1.07. The Balaban J connectivity index is 1.83. The summed E-state index contributed by atoms with van der Waals surface area (Å²) in [5.74, 6) is -3.27. The zero-order chi connectivity index (χ0) is 14.3. The molecule has 3 rings (SSSR count). The van der Waals surface area contributed by atoms with Crippen LogP contribution in [0.4, 0.5) is 13.2 Å². The number of rotatable bonds is 2. The van der Waals surface area contributed by atoms with E-state index in [-0.39, 0.29) is 11.5 Å². The number of benzene rings is 1. The van der Waals surface area contributed by atoms with E-state index in [1.54, 1.807) is 0 Å². The van der Waals surface area contributed by atoms with Crippen molar-refractivity contribution in [3.63, 3.8) is 0 Å². The van der Waals surface area contributed by atoms with Gasteiger partial charge in [-0.1, -0.05) is 0 Å². The SMILES string of the molecule is OC(c1c(F)cc(F)cc1F)C1CCOC2(CCC2)C1. The highest BCUT2D eigenvalue weighted by Gasteiger charge is 2.45. The van der Waals surface area contributed by atoms with Crippen LogP contribution in [0.2, 0.25) is 0 Å². The Morgan fingerprint density at radius 3 is 2.40 bits per heavy atom.